The summed E-state index contributed by atoms with van der Waals surface area (Å²) in [6, 6.07) is 6.92. The normalized spacial score (nSPS) is 29.0. The van der Waals surface area contributed by atoms with Gasteiger partial charge in [0, 0.05) is 17.1 Å². The van der Waals surface area contributed by atoms with Crippen molar-refractivity contribution in [3.05, 3.63) is 35.6 Å². The molecular weight excluding hydrogens is 205 g/mol. The Morgan fingerprint density at radius 1 is 1.38 bits per heavy atom. The molecule has 2 rings (SSSR count). The second-order valence-electron chi connectivity index (χ2n) is 5.07. The third-order valence-electron chi connectivity index (χ3n) is 2.91. The van der Waals surface area contributed by atoms with Gasteiger partial charge in [0.2, 0.25) is 0 Å². The fraction of sp³-hybridized carbons (Fsp3) is 0.538. The Kier molecular flexibility index (Phi) is 3.00. The van der Waals surface area contributed by atoms with E-state index in [9.17, 15) is 4.39 Å². The fourth-order valence-corrected chi connectivity index (χ4v) is 2.24. The molecule has 1 aromatic carbocycles. The van der Waals surface area contributed by atoms with Crippen molar-refractivity contribution in [1.29, 1.82) is 0 Å². The molecule has 1 saturated heterocycles. The van der Waals surface area contributed by atoms with Gasteiger partial charge in [0.1, 0.15) is 11.9 Å². The van der Waals surface area contributed by atoms with Crippen molar-refractivity contribution in [2.75, 3.05) is 6.61 Å². The van der Waals surface area contributed by atoms with Gasteiger partial charge in [-0.25, -0.2) is 4.39 Å². The van der Waals surface area contributed by atoms with Crippen LogP contribution in [0.2, 0.25) is 0 Å². The zero-order valence-electron chi connectivity index (χ0n) is 9.96. The van der Waals surface area contributed by atoms with Gasteiger partial charge in [-0.3, -0.25) is 0 Å². The van der Waals surface area contributed by atoms with Crippen molar-refractivity contribution < 1.29 is 9.13 Å². The van der Waals surface area contributed by atoms with Crippen LogP contribution in [0.5, 0.6) is 0 Å². The number of hydrogen-bond donors (Lipinski definition) is 1. The van der Waals surface area contributed by atoms with E-state index in [1.54, 1.807) is 12.1 Å². The Bertz CT molecular complexity index is 378. The molecule has 0 aliphatic carbocycles. The molecular formula is C13H18FNO. The lowest BCUT2D eigenvalue weighted by Gasteiger charge is -2.41. The zero-order valence-corrected chi connectivity index (χ0v) is 9.96. The minimum absolute atomic E-state index is 0.0405. The standard InChI is InChI=1S/C13H18FNO/c1-9-12(16-8-13(2,3)15-9)10-6-4-5-7-11(10)14/h4-7,9,12,15H,8H2,1-3H3. The minimum atomic E-state index is -0.200. The molecule has 0 amide bonds. The van der Waals surface area contributed by atoms with Gasteiger partial charge in [-0.1, -0.05) is 18.2 Å². The largest absolute Gasteiger partial charge is 0.370 e. The predicted octanol–water partition coefficient (Wildman–Crippen LogP) is 2.65. The average Bonchev–Trinajstić information content (AvgIpc) is 2.18. The summed E-state index contributed by atoms with van der Waals surface area (Å²) in [6.45, 7) is 6.79. The predicted molar refractivity (Wildman–Crippen MR) is 61.8 cm³/mol. The second-order valence-corrected chi connectivity index (χ2v) is 5.07. The first-order valence-corrected chi connectivity index (χ1v) is 5.63. The highest BCUT2D eigenvalue weighted by atomic mass is 19.1. The molecule has 0 saturated carbocycles. The van der Waals surface area contributed by atoms with Gasteiger partial charge in [-0.05, 0) is 26.8 Å². The molecule has 2 unspecified atom stereocenters. The number of nitrogens with one attached hydrogen (secondary N) is 1. The van der Waals surface area contributed by atoms with Gasteiger partial charge < -0.3 is 10.1 Å². The van der Waals surface area contributed by atoms with Crippen LogP contribution in [-0.4, -0.2) is 18.2 Å². The molecule has 1 aliphatic heterocycles. The Morgan fingerprint density at radius 2 is 2.06 bits per heavy atom. The summed E-state index contributed by atoms with van der Waals surface area (Å²) in [4.78, 5) is 0. The third kappa shape index (κ3) is 2.25. The lowest BCUT2D eigenvalue weighted by molar-refractivity contribution is -0.0510. The summed E-state index contributed by atoms with van der Waals surface area (Å²) in [5.74, 6) is -0.194. The number of morpholine rings is 1. The molecule has 1 N–H and O–H groups in total. The van der Waals surface area contributed by atoms with Crippen LogP contribution in [-0.2, 0) is 4.74 Å². The zero-order chi connectivity index (χ0) is 11.8. The van der Waals surface area contributed by atoms with Gasteiger partial charge >= 0.3 is 0 Å². The van der Waals surface area contributed by atoms with E-state index in [2.05, 4.69) is 19.2 Å². The average molecular weight is 223 g/mol. The molecule has 1 aromatic rings. The van der Waals surface area contributed by atoms with E-state index >= 15 is 0 Å². The second kappa shape index (κ2) is 4.15. The van der Waals surface area contributed by atoms with Crippen LogP contribution >= 0.6 is 0 Å². The first kappa shape index (κ1) is 11.6. The maximum absolute atomic E-state index is 13.6. The molecule has 2 nitrogen and oxygen atoms in total. The Balaban J connectivity index is 2.21. The van der Waals surface area contributed by atoms with Gasteiger partial charge in [-0.2, -0.15) is 0 Å². The van der Waals surface area contributed by atoms with E-state index in [4.69, 9.17) is 4.74 Å². The van der Waals surface area contributed by atoms with Crippen LogP contribution in [0.4, 0.5) is 4.39 Å². The van der Waals surface area contributed by atoms with Crippen molar-refractivity contribution in [2.45, 2.75) is 38.5 Å². The molecule has 0 radical (unpaired) electrons. The molecule has 1 heterocycles. The molecule has 3 heteroatoms. The molecule has 0 bridgehead atoms. The molecule has 0 aromatic heterocycles. The quantitative estimate of drug-likeness (QED) is 0.790. The molecule has 88 valence electrons. The van der Waals surface area contributed by atoms with Crippen molar-refractivity contribution in [2.24, 2.45) is 0 Å². The Hall–Kier alpha value is -0.930. The smallest absolute Gasteiger partial charge is 0.129 e. The first-order valence-electron chi connectivity index (χ1n) is 5.63. The topological polar surface area (TPSA) is 21.3 Å². The Morgan fingerprint density at radius 3 is 2.69 bits per heavy atom. The summed E-state index contributed by atoms with van der Waals surface area (Å²) in [7, 11) is 0. The number of rotatable bonds is 1. The number of benzene rings is 1. The monoisotopic (exact) mass is 223 g/mol. The first-order chi connectivity index (χ1) is 7.49. The van der Waals surface area contributed by atoms with Gasteiger partial charge in [-0.15, -0.1) is 0 Å². The summed E-state index contributed by atoms with van der Waals surface area (Å²) >= 11 is 0. The van der Waals surface area contributed by atoms with E-state index in [0.717, 1.165) is 0 Å². The van der Waals surface area contributed by atoms with Gasteiger partial charge in [0.05, 0.1) is 6.61 Å². The van der Waals surface area contributed by atoms with Crippen LogP contribution in [0, 0.1) is 5.82 Å². The molecule has 16 heavy (non-hydrogen) atoms. The summed E-state index contributed by atoms with van der Waals surface area (Å²) in [6.07, 6.45) is -0.200. The summed E-state index contributed by atoms with van der Waals surface area (Å²) in [5, 5.41) is 3.44. The molecule has 1 fully saturated rings. The Labute approximate surface area is 95.8 Å². The summed E-state index contributed by atoms with van der Waals surface area (Å²) < 4.78 is 19.4. The number of ether oxygens (including phenoxy) is 1. The van der Waals surface area contributed by atoms with Crippen molar-refractivity contribution in [1.82, 2.24) is 5.32 Å². The highest BCUT2D eigenvalue weighted by Crippen LogP contribution is 2.29. The fourth-order valence-electron chi connectivity index (χ4n) is 2.24. The highest BCUT2D eigenvalue weighted by Gasteiger charge is 2.34. The third-order valence-corrected chi connectivity index (χ3v) is 2.91. The van der Waals surface area contributed by atoms with E-state index in [0.29, 0.717) is 12.2 Å². The van der Waals surface area contributed by atoms with E-state index in [1.165, 1.54) is 6.07 Å². The van der Waals surface area contributed by atoms with Crippen LogP contribution in [0.3, 0.4) is 0 Å². The van der Waals surface area contributed by atoms with Gasteiger partial charge in [0.15, 0.2) is 0 Å². The van der Waals surface area contributed by atoms with E-state index < -0.39 is 0 Å². The van der Waals surface area contributed by atoms with Crippen molar-refractivity contribution in [3.8, 4) is 0 Å². The van der Waals surface area contributed by atoms with Crippen molar-refractivity contribution >= 4 is 0 Å². The molecule has 1 aliphatic rings. The lowest BCUT2D eigenvalue weighted by Crippen LogP contribution is -2.55. The van der Waals surface area contributed by atoms with E-state index in [-0.39, 0.29) is 23.5 Å². The van der Waals surface area contributed by atoms with Crippen molar-refractivity contribution in [3.63, 3.8) is 0 Å². The van der Waals surface area contributed by atoms with Gasteiger partial charge in [0.25, 0.3) is 0 Å². The highest BCUT2D eigenvalue weighted by molar-refractivity contribution is 5.22. The minimum Gasteiger partial charge on any atom is -0.370 e. The van der Waals surface area contributed by atoms with E-state index in [1.807, 2.05) is 13.0 Å². The maximum Gasteiger partial charge on any atom is 0.129 e. The van der Waals surface area contributed by atoms with Crippen LogP contribution in [0.1, 0.15) is 32.4 Å². The number of halogens is 1. The maximum atomic E-state index is 13.6. The van der Waals surface area contributed by atoms with Crippen LogP contribution in [0.25, 0.3) is 0 Å². The lowest BCUT2D eigenvalue weighted by atomic mass is 9.95. The number of hydrogen-bond acceptors (Lipinski definition) is 2. The molecule has 0 spiro atoms. The molecule has 2 atom stereocenters. The SMILES string of the molecule is CC1NC(C)(C)COC1c1ccccc1F. The van der Waals surface area contributed by atoms with Crippen LogP contribution in [0.15, 0.2) is 24.3 Å². The van der Waals surface area contributed by atoms with Crippen LogP contribution < -0.4 is 5.32 Å². The summed E-state index contributed by atoms with van der Waals surface area (Å²) in [5.41, 5.74) is 0.597.